The van der Waals surface area contributed by atoms with Gasteiger partial charge < -0.3 is 5.32 Å². The molecule has 0 spiro atoms. The maximum Gasteiger partial charge on any atom is 0.128 e. The van der Waals surface area contributed by atoms with Crippen LogP contribution < -0.4 is 5.32 Å². The van der Waals surface area contributed by atoms with Gasteiger partial charge in [-0.25, -0.2) is 8.78 Å². The Morgan fingerprint density at radius 1 is 1.06 bits per heavy atom. The van der Waals surface area contributed by atoms with Crippen molar-refractivity contribution in [1.82, 2.24) is 0 Å². The van der Waals surface area contributed by atoms with Crippen molar-refractivity contribution >= 4 is 11.4 Å². The molecule has 0 aliphatic heterocycles. The maximum absolute atomic E-state index is 13.0. The zero-order chi connectivity index (χ0) is 13.1. The van der Waals surface area contributed by atoms with Gasteiger partial charge >= 0.3 is 0 Å². The number of nitrogens with zero attached hydrogens (tertiary/aromatic N) is 1. The van der Waals surface area contributed by atoms with E-state index >= 15 is 0 Å². The molecular formula is C14H10F2N2. The molecule has 0 aliphatic carbocycles. The van der Waals surface area contributed by atoms with Gasteiger partial charge in [-0.1, -0.05) is 6.07 Å². The van der Waals surface area contributed by atoms with Gasteiger partial charge in [0.2, 0.25) is 0 Å². The molecule has 0 aliphatic rings. The lowest BCUT2D eigenvalue weighted by Gasteiger charge is -2.09. The van der Waals surface area contributed by atoms with Gasteiger partial charge in [0.1, 0.15) is 17.7 Å². The number of aryl methyl sites for hydroxylation is 1. The fraction of sp³-hybridized carbons (Fsp3) is 0.0714. The summed E-state index contributed by atoms with van der Waals surface area (Å²) in [6, 6.07) is 10.4. The summed E-state index contributed by atoms with van der Waals surface area (Å²) in [6.07, 6.45) is 0. The molecule has 4 heteroatoms. The standard InChI is InChI=1S/C14H10F2N2/c1-9-2-3-10(8-17)14(4-9)18-13-6-11(15)5-12(16)7-13/h2-7,18H,1H3. The molecule has 0 aromatic heterocycles. The molecule has 0 radical (unpaired) electrons. The maximum atomic E-state index is 13.0. The lowest BCUT2D eigenvalue weighted by Crippen LogP contribution is -1.95. The summed E-state index contributed by atoms with van der Waals surface area (Å²) in [5.41, 5.74) is 2.18. The number of benzene rings is 2. The highest BCUT2D eigenvalue weighted by Crippen LogP contribution is 2.23. The Morgan fingerprint density at radius 3 is 2.33 bits per heavy atom. The van der Waals surface area contributed by atoms with Crippen molar-refractivity contribution in [1.29, 1.82) is 5.26 Å². The van der Waals surface area contributed by atoms with E-state index in [1.807, 2.05) is 13.0 Å². The Kier molecular flexibility index (Phi) is 3.24. The molecule has 2 aromatic carbocycles. The van der Waals surface area contributed by atoms with Crippen molar-refractivity contribution in [3.8, 4) is 6.07 Å². The molecular weight excluding hydrogens is 234 g/mol. The number of nitriles is 1. The van der Waals surface area contributed by atoms with Gasteiger partial charge in [-0.15, -0.1) is 0 Å². The van der Waals surface area contributed by atoms with E-state index in [9.17, 15) is 8.78 Å². The Labute approximate surface area is 103 Å². The number of hydrogen-bond donors (Lipinski definition) is 1. The molecule has 0 unspecified atom stereocenters. The monoisotopic (exact) mass is 244 g/mol. The van der Waals surface area contributed by atoms with Crippen LogP contribution >= 0.6 is 0 Å². The van der Waals surface area contributed by atoms with Crippen molar-refractivity contribution < 1.29 is 8.78 Å². The van der Waals surface area contributed by atoms with Gasteiger partial charge in [0.15, 0.2) is 0 Å². The predicted octanol–water partition coefficient (Wildman–Crippen LogP) is 3.89. The van der Waals surface area contributed by atoms with Gasteiger partial charge in [0, 0.05) is 11.8 Å². The summed E-state index contributed by atoms with van der Waals surface area (Å²) in [7, 11) is 0. The molecule has 0 saturated carbocycles. The number of anilines is 2. The number of rotatable bonds is 2. The minimum Gasteiger partial charge on any atom is -0.354 e. The SMILES string of the molecule is Cc1ccc(C#N)c(Nc2cc(F)cc(F)c2)c1. The van der Waals surface area contributed by atoms with Crippen LogP contribution in [0.15, 0.2) is 36.4 Å². The van der Waals surface area contributed by atoms with Crippen molar-refractivity contribution in [2.24, 2.45) is 0 Å². The average molecular weight is 244 g/mol. The third-order valence-electron chi connectivity index (χ3n) is 2.44. The fourth-order valence-corrected chi connectivity index (χ4v) is 1.64. The molecule has 0 bridgehead atoms. The van der Waals surface area contributed by atoms with Crippen molar-refractivity contribution in [3.63, 3.8) is 0 Å². The first-order chi connectivity index (χ1) is 8.58. The Bertz CT molecular complexity index is 610. The van der Waals surface area contributed by atoms with Gasteiger partial charge in [0.05, 0.1) is 11.3 Å². The van der Waals surface area contributed by atoms with E-state index in [0.717, 1.165) is 11.6 Å². The van der Waals surface area contributed by atoms with Gasteiger partial charge in [-0.05, 0) is 36.8 Å². The Hall–Kier alpha value is -2.41. The van der Waals surface area contributed by atoms with Crippen molar-refractivity contribution in [2.75, 3.05) is 5.32 Å². The van der Waals surface area contributed by atoms with Crippen LogP contribution in [0.2, 0.25) is 0 Å². The minimum absolute atomic E-state index is 0.273. The lowest BCUT2D eigenvalue weighted by atomic mass is 10.1. The van der Waals surface area contributed by atoms with E-state index in [-0.39, 0.29) is 5.69 Å². The van der Waals surface area contributed by atoms with E-state index in [1.54, 1.807) is 18.2 Å². The van der Waals surface area contributed by atoms with Crippen LogP contribution in [0, 0.1) is 29.9 Å². The molecule has 18 heavy (non-hydrogen) atoms. The third-order valence-corrected chi connectivity index (χ3v) is 2.44. The highest BCUT2D eigenvalue weighted by molar-refractivity contribution is 5.67. The zero-order valence-electron chi connectivity index (χ0n) is 9.67. The first-order valence-corrected chi connectivity index (χ1v) is 5.32. The molecule has 2 aromatic rings. The van der Waals surface area contributed by atoms with Gasteiger partial charge in [0.25, 0.3) is 0 Å². The lowest BCUT2D eigenvalue weighted by molar-refractivity contribution is 0.584. The summed E-state index contributed by atoms with van der Waals surface area (Å²) in [4.78, 5) is 0. The molecule has 0 amide bonds. The second-order valence-electron chi connectivity index (χ2n) is 3.94. The fourth-order valence-electron chi connectivity index (χ4n) is 1.64. The summed E-state index contributed by atoms with van der Waals surface area (Å²) in [6.45, 7) is 1.87. The third kappa shape index (κ3) is 2.64. The predicted molar refractivity (Wildman–Crippen MR) is 65.5 cm³/mol. The highest BCUT2D eigenvalue weighted by atomic mass is 19.1. The zero-order valence-corrected chi connectivity index (χ0v) is 9.67. The quantitative estimate of drug-likeness (QED) is 0.869. The summed E-state index contributed by atoms with van der Waals surface area (Å²) in [5.74, 6) is -1.33. The Morgan fingerprint density at radius 2 is 1.72 bits per heavy atom. The van der Waals surface area contributed by atoms with E-state index in [1.165, 1.54) is 12.1 Å². The number of halogens is 2. The Balaban J connectivity index is 2.39. The molecule has 1 N–H and O–H groups in total. The second kappa shape index (κ2) is 4.84. The topological polar surface area (TPSA) is 35.8 Å². The van der Waals surface area contributed by atoms with Gasteiger partial charge in [-0.2, -0.15) is 5.26 Å². The highest BCUT2D eigenvalue weighted by Gasteiger charge is 2.05. The van der Waals surface area contributed by atoms with E-state index in [4.69, 9.17) is 5.26 Å². The molecule has 0 heterocycles. The van der Waals surface area contributed by atoms with Crippen molar-refractivity contribution in [3.05, 3.63) is 59.2 Å². The smallest absolute Gasteiger partial charge is 0.128 e. The first kappa shape index (κ1) is 12.1. The van der Waals surface area contributed by atoms with Crippen molar-refractivity contribution in [2.45, 2.75) is 6.92 Å². The molecule has 0 fully saturated rings. The largest absolute Gasteiger partial charge is 0.354 e. The average Bonchev–Trinajstić information content (AvgIpc) is 2.27. The summed E-state index contributed by atoms with van der Waals surface area (Å²) in [5, 5.41) is 11.8. The van der Waals surface area contributed by atoms with Crippen LogP contribution in [0.1, 0.15) is 11.1 Å². The first-order valence-electron chi connectivity index (χ1n) is 5.32. The van der Waals surface area contributed by atoms with E-state index in [2.05, 4.69) is 5.32 Å². The van der Waals surface area contributed by atoms with E-state index < -0.39 is 11.6 Å². The minimum atomic E-state index is -0.663. The van der Waals surface area contributed by atoms with Gasteiger partial charge in [-0.3, -0.25) is 0 Å². The molecule has 0 atom stereocenters. The van der Waals surface area contributed by atoms with Crippen LogP contribution in [0.3, 0.4) is 0 Å². The number of nitrogens with one attached hydrogen (secondary N) is 1. The van der Waals surface area contributed by atoms with Crippen LogP contribution in [0.4, 0.5) is 20.2 Å². The molecule has 2 rings (SSSR count). The van der Waals surface area contributed by atoms with Crippen LogP contribution in [0.5, 0.6) is 0 Å². The van der Waals surface area contributed by atoms with E-state index in [0.29, 0.717) is 11.3 Å². The number of hydrogen-bond acceptors (Lipinski definition) is 2. The molecule has 0 saturated heterocycles. The van der Waals surface area contributed by atoms with Crippen LogP contribution in [-0.2, 0) is 0 Å². The summed E-state index contributed by atoms with van der Waals surface area (Å²) < 4.78 is 26.1. The second-order valence-corrected chi connectivity index (χ2v) is 3.94. The summed E-state index contributed by atoms with van der Waals surface area (Å²) >= 11 is 0. The molecule has 2 nitrogen and oxygen atoms in total. The van der Waals surface area contributed by atoms with Crippen LogP contribution in [-0.4, -0.2) is 0 Å². The normalized spacial score (nSPS) is 9.89. The molecule has 90 valence electrons. The van der Waals surface area contributed by atoms with Crippen LogP contribution in [0.25, 0.3) is 0 Å².